The first-order valence-electron chi connectivity index (χ1n) is 33.7. The summed E-state index contributed by atoms with van der Waals surface area (Å²) >= 11 is 0. The summed E-state index contributed by atoms with van der Waals surface area (Å²) in [4.78, 5) is 0. The summed E-state index contributed by atoms with van der Waals surface area (Å²) in [5.74, 6) is 0. The quantitative estimate of drug-likeness (QED) is 0.158. The Hall–Kier alpha value is -7.48. The van der Waals surface area contributed by atoms with E-state index in [1.54, 1.807) is 0 Å². The average Bonchev–Trinajstić information content (AvgIpc) is 0.792. The van der Waals surface area contributed by atoms with Gasteiger partial charge in [-0.2, -0.15) is 0 Å². The molecule has 262 valence electrons. The molecule has 13 rings (SSSR count). The van der Waals surface area contributed by atoms with Crippen molar-refractivity contribution in [3.05, 3.63) is 199 Å². The summed E-state index contributed by atoms with van der Waals surface area (Å²) in [7, 11) is 0. The molecule has 0 unspecified atom stereocenters. The van der Waals surface area contributed by atoms with Crippen LogP contribution >= 0.6 is 0 Å². The molecule has 0 aliphatic rings. The van der Waals surface area contributed by atoms with Gasteiger partial charge >= 0.3 is 0 Å². The van der Waals surface area contributed by atoms with Crippen molar-refractivity contribution < 1.29 is 45.2 Å². The van der Waals surface area contributed by atoms with Crippen molar-refractivity contribution in [2.24, 2.45) is 0 Å². The Morgan fingerprint density at radius 1 is 0.281 bits per heavy atom. The lowest BCUT2D eigenvalue weighted by atomic mass is 9.84. The van der Waals surface area contributed by atoms with E-state index in [4.69, 9.17) is 21.9 Å². The van der Waals surface area contributed by atoms with Gasteiger partial charge in [-0.1, -0.05) is 163 Å². The predicted molar refractivity (Wildman–Crippen MR) is 244 cm³/mol. The number of benzene rings is 12. The molecule has 0 bridgehead atoms. The molecule has 0 aliphatic carbocycles. The number of nitrogens with zero attached hydrogens (tertiary/aromatic N) is 1. The van der Waals surface area contributed by atoms with Gasteiger partial charge in [0.25, 0.3) is 0 Å². The zero-order chi connectivity index (χ0) is 65.9. The number of hydrogen-bond acceptors (Lipinski definition) is 0. The molecule has 12 aromatic carbocycles. The van der Waals surface area contributed by atoms with Crippen molar-refractivity contribution >= 4 is 86.4 Å². The molecule has 0 radical (unpaired) electrons. The van der Waals surface area contributed by atoms with Crippen LogP contribution in [0, 0.1) is 0 Å². The van der Waals surface area contributed by atoms with Crippen molar-refractivity contribution in [1.82, 2.24) is 4.57 Å². The first-order valence-corrected chi connectivity index (χ1v) is 17.2. The van der Waals surface area contributed by atoms with Crippen molar-refractivity contribution in [2.75, 3.05) is 0 Å². The van der Waals surface area contributed by atoms with Gasteiger partial charge in [0.15, 0.2) is 0 Å². The van der Waals surface area contributed by atoms with Crippen molar-refractivity contribution in [3.63, 3.8) is 0 Å². The SMILES string of the molecule is [2H]c1c([2H])c([2H])c(-n2c3c([2H])c([2H])c([2H])c([2H])c3c3c([2H])c(-c4c([2H])c([2H])c(-c5c([2H])c([2H])c6c([2H])c([2H])c7c([2H])c([2H])c([2H])c8c([2H])c([2H])c5c6c78)c([2H])c4-c4c([2H])c([2H])c5c([2H])c([2H])c6c([2H])c([2H])c([2H])c7c([2H])c([2H])c4c5c67)c([2H])c([2H])c32)c([2H])c1[2H]. The minimum Gasteiger partial charge on any atom is -0.309 e. The molecule has 1 heteroatoms. The van der Waals surface area contributed by atoms with E-state index in [0.717, 1.165) is 0 Å². The maximum atomic E-state index is 10.6. The van der Waals surface area contributed by atoms with Crippen LogP contribution in [0.1, 0.15) is 45.2 Å². The van der Waals surface area contributed by atoms with Gasteiger partial charge in [0, 0.05) is 16.5 Å². The van der Waals surface area contributed by atoms with Crippen LogP contribution < -0.4 is 0 Å². The Morgan fingerprint density at radius 3 is 1.46 bits per heavy atom. The highest BCUT2D eigenvalue weighted by Crippen LogP contribution is 2.46. The molecule has 57 heavy (non-hydrogen) atoms. The highest BCUT2D eigenvalue weighted by molar-refractivity contribution is 6.27. The van der Waals surface area contributed by atoms with Gasteiger partial charge in [-0.05, 0) is 134 Å². The topological polar surface area (TPSA) is 4.93 Å². The molecule has 0 aliphatic heterocycles. The van der Waals surface area contributed by atoms with E-state index in [1.807, 2.05) is 0 Å². The van der Waals surface area contributed by atoms with Gasteiger partial charge in [-0.15, -0.1) is 0 Å². The minimum atomic E-state index is -1.25. The summed E-state index contributed by atoms with van der Waals surface area (Å²) in [6.07, 6.45) is 0. The van der Waals surface area contributed by atoms with Crippen LogP contribution in [0.4, 0.5) is 0 Å². The van der Waals surface area contributed by atoms with Crippen LogP contribution in [-0.4, -0.2) is 4.57 Å². The number of para-hydroxylation sites is 2. The molecular formula is C56H33N. The Labute approximate surface area is 375 Å². The first kappa shape index (κ1) is 13.0. The molecule has 1 heterocycles. The summed E-state index contributed by atoms with van der Waals surface area (Å²) < 4.78 is 308. The molecule has 0 amide bonds. The molecular weight excluding hydrogens is 687 g/mol. The fourth-order valence-electron chi connectivity index (χ4n) is 7.62. The Kier molecular flexibility index (Phi) is 2.64. The molecule has 0 saturated carbocycles. The first-order chi connectivity index (χ1) is 42.1. The molecule has 0 spiro atoms. The van der Waals surface area contributed by atoms with Crippen LogP contribution in [0.15, 0.2) is 199 Å². The summed E-state index contributed by atoms with van der Waals surface area (Å²) in [5, 5.41) is -7.74. The third kappa shape index (κ3) is 4.34. The number of aromatic nitrogens is 1. The van der Waals surface area contributed by atoms with Gasteiger partial charge in [-0.25, -0.2) is 0 Å². The predicted octanol–water partition coefficient (Wildman–Crippen LogP) is 15.6. The Morgan fingerprint density at radius 2 is 0.772 bits per heavy atom. The smallest absolute Gasteiger partial charge is 0.0645 e. The molecule has 1 aromatic heterocycles. The zero-order valence-corrected chi connectivity index (χ0v) is 28.4. The standard InChI is InChI=1S/C56H33N/c1-2-12-42(13-3-1)57-51-15-5-4-14-46(51)50-33-41(25-31-52(50)57)44-27-24-40(43-26-20-38-18-16-34-8-6-10-36-22-29-47(43)55(38)53(34)36)32-49(44)45-28-21-39-19-17-35-9-7-11-37-23-30-48(45)56(39)54(35)37/h1-33H/i1D,2D,3D,4D,5D,6D,7D,8D,9D,10D,11D,12D,13D,14D,15D,16D,17D,18D,19D,20D,21D,22D,23D,24D,25D,26D,27D,28D,29D,30D,31D,32D,33D. The fraction of sp³-hybridized carbons (Fsp3) is 0. The normalized spacial score (nSPS) is 20.3. The zero-order valence-electron chi connectivity index (χ0n) is 61.4. The second-order valence-electron chi connectivity index (χ2n) is 13.0. The van der Waals surface area contributed by atoms with Gasteiger partial charge in [-0.3, -0.25) is 0 Å². The maximum Gasteiger partial charge on any atom is 0.0645 e. The molecule has 0 N–H and O–H groups in total. The van der Waals surface area contributed by atoms with Gasteiger partial charge in [0.1, 0.15) is 0 Å². The van der Waals surface area contributed by atoms with E-state index in [1.165, 1.54) is 0 Å². The molecule has 1 nitrogen and oxygen atoms in total. The lowest BCUT2D eigenvalue weighted by Crippen LogP contribution is -1.93. The second kappa shape index (κ2) is 11.5. The van der Waals surface area contributed by atoms with E-state index < -0.39 is 320 Å². The largest absolute Gasteiger partial charge is 0.309 e. The van der Waals surface area contributed by atoms with Gasteiger partial charge in [0.05, 0.1) is 56.3 Å². The van der Waals surface area contributed by atoms with Crippen molar-refractivity contribution in [3.8, 4) is 39.1 Å². The summed E-state index contributed by atoms with van der Waals surface area (Å²) in [6, 6.07) is -31.6. The molecule has 0 saturated heterocycles. The van der Waals surface area contributed by atoms with Crippen LogP contribution in [0.2, 0.25) is 0 Å². The number of hydrogen-bond donors (Lipinski definition) is 0. The Bertz CT molecular complexity index is 5610. The van der Waals surface area contributed by atoms with Crippen molar-refractivity contribution in [2.45, 2.75) is 0 Å². The molecule has 13 aromatic rings. The summed E-state index contributed by atoms with van der Waals surface area (Å²) in [5.41, 5.74) is -8.00. The summed E-state index contributed by atoms with van der Waals surface area (Å²) in [6.45, 7) is 0. The van der Waals surface area contributed by atoms with Gasteiger partial charge < -0.3 is 4.57 Å². The van der Waals surface area contributed by atoms with Gasteiger partial charge in [0.2, 0.25) is 0 Å². The number of rotatable bonds is 4. The second-order valence-corrected chi connectivity index (χ2v) is 13.0. The van der Waals surface area contributed by atoms with E-state index in [-0.39, 0.29) is 5.39 Å². The Balaban J connectivity index is 1.33. The average molecular weight is 753 g/mol. The van der Waals surface area contributed by atoms with E-state index in [2.05, 4.69) is 0 Å². The molecule has 0 atom stereocenters. The van der Waals surface area contributed by atoms with Crippen LogP contribution in [-0.2, 0) is 0 Å². The fourth-order valence-corrected chi connectivity index (χ4v) is 7.62. The lowest BCUT2D eigenvalue weighted by molar-refractivity contribution is 1.18. The van der Waals surface area contributed by atoms with Crippen LogP contribution in [0.25, 0.3) is 126 Å². The van der Waals surface area contributed by atoms with Crippen LogP contribution in [0.5, 0.6) is 0 Å². The third-order valence-corrected chi connectivity index (χ3v) is 10.1. The highest BCUT2D eigenvalue weighted by Gasteiger charge is 2.20. The third-order valence-electron chi connectivity index (χ3n) is 10.1. The van der Waals surface area contributed by atoms with E-state index in [9.17, 15) is 23.3 Å². The highest BCUT2D eigenvalue weighted by atomic mass is 15.0. The molecule has 0 fully saturated rings. The van der Waals surface area contributed by atoms with Crippen LogP contribution in [0.3, 0.4) is 0 Å². The van der Waals surface area contributed by atoms with E-state index in [0.29, 0.717) is 4.57 Å². The van der Waals surface area contributed by atoms with E-state index >= 15 is 0 Å². The minimum absolute atomic E-state index is 0.377. The lowest BCUT2D eigenvalue weighted by Gasteiger charge is -2.19. The number of fused-ring (bicyclic) bond motifs is 3. The maximum absolute atomic E-state index is 10.6. The van der Waals surface area contributed by atoms with Crippen molar-refractivity contribution in [1.29, 1.82) is 0 Å². The monoisotopic (exact) mass is 752 g/mol.